The summed E-state index contributed by atoms with van der Waals surface area (Å²) in [5, 5.41) is 7.30. The third-order valence-corrected chi connectivity index (χ3v) is 10.1. The second-order valence-corrected chi connectivity index (χ2v) is 13.8. The molecule has 0 saturated heterocycles. The number of rotatable bonds is 9. The number of hydrogen-bond donors (Lipinski definition) is 0. The molecule has 49 heavy (non-hydrogen) atoms. The smallest absolute Gasteiger partial charge is 0.137 e. The topological polar surface area (TPSA) is 44.9 Å². The normalized spacial score (nSPS) is 11.7. The fourth-order valence-electron chi connectivity index (χ4n) is 7.58. The molecule has 3 aromatic heterocycles. The van der Waals surface area contributed by atoms with Gasteiger partial charge in [-0.1, -0.05) is 45.9 Å². The van der Waals surface area contributed by atoms with Crippen molar-refractivity contribution in [3.05, 3.63) is 130 Å². The minimum atomic E-state index is 0.503. The standard InChI is InChI=1S/C44H46N4O/c1-9-37-30(7)29(6)31(8)38(10-2)44(37)33-25-46-47(26-33)34-21-32(19-27(3)4)22-36(23-34)49-35-15-16-40-39-13-11-12-14-41(39)48(42(40)24-35)43-20-28(5)17-18-45-43/h11-18,20-27H,9-10,19H2,1-8H3. The molecule has 0 fully saturated rings. The monoisotopic (exact) mass is 646 g/mol. The number of aryl methyl sites for hydroxylation is 1. The van der Waals surface area contributed by atoms with E-state index in [-0.39, 0.29) is 0 Å². The molecule has 0 aliphatic carbocycles. The van der Waals surface area contributed by atoms with Gasteiger partial charge in [0.15, 0.2) is 0 Å². The van der Waals surface area contributed by atoms with E-state index in [2.05, 4.69) is 133 Å². The molecule has 0 radical (unpaired) electrons. The van der Waals surface area contributed by atoms with Crippen LogP contribution in [0.25, 0.3) is 44.4 Å². The second-order valence-electron chi connectivity index (χ2n) is 13.8. The van der Waals surface area contributed by atoms with Crippen LogP contribution in [0.2, 0.25) is 0 Å². The van der Waals surface area contributed by atoms with Crippen LogP contribution >= 0.6 is 0 Å². The number of fused-ring (bicyclic) bond motifs is 3. The molecule has 7 rings (SSSR count). The van der Waals surface area contributed by atoms with Gasteiger partial charge in [-0.25, -0.2) is 9.67 Å². The van der Waals surface area contributed by atoms with E-state index in [1.54, 1.807) is 0 Å². The van der Waals surface area contributed by atoms with Crippen molar-refractivity contribution in [3.63, 3.8) is 0 Å². The third kappa shape index (κ3) is 5.92. The highest BCUT2D eigenvalue weighted by molar-refractivity contribution is 6.09. The number of aromatic nitrogens is 4. The molecule has 3 heterocycles. The third-order valence-electron chi connectivity index (χ3n) is 10.1. The molecule has 0 saturated carbocycles. The van der Waals surface area contributed by atoms with E-state index >= 15 is 0 Å². The molecule has 0 spiro atoms. The Hall–Kier alpha value is -5.16. The summed E-state index contributed by atoms with van der Waals surface area (Å²) < 4.78 is 11.0. The van der Waals surface area contributed by atoms with Crippen LogP contribution in [0.3, 0.4) is 0 Å². The Kier molecular flexibility index (Phi) is 8.62. The number of nitrogens with zero attached hydrogens (tertiary/aromatic N) is 4. The summed E-state index contributed by atoms with van der Waals surface area (Å²) in [5.74, 6) is 2.98. The first-order valence-corrected chi connectivity index (χ1v) is 17.6. The molecule has 0 N–H and O–H groups in total. The zero-order chi connectivity index (χ0) is 34.4. The molecule has 0 unspecified atom stereocenters. The van der Waals surface area contributed by atoms with Crippen molar-refractivity contribution >= 4 is 21.8 Å². The van der Waals surface area contributed by atoms with Crippen LogP contribution in [0.4, 0.5) is 0 Å². The minimum Gasteiger partial charge on any atom is -0.457 e. The molecule has 0 aliphatic heterocycles. The van der Waals surface area contributed by atoms with Gasteiger partial charge in [0.25, 0.3) is 0 Å². The summed E-state index contributed by atoms with van der Waals surface area (Å²) in [5.41, 5.74) is 15.1. The van der Waals surface area contributed by atoms with E-state index in [0.717, 1.165) is 53.3 Å². The van der Waals surface area contributed by atoms with Gasteiger partial charge in [0, 0.05) is 40.9 Å². The van der Waals surface area contributed by atoms with E-state index in [4.69, 9.17) is 14.8 Å². The van der Waals surface area contributed by atoms with Gasteiger partial charge >= 0.3 is 0 Å². The number of hydrogen-bond acceptors (Lipinski definition) is 3. The molecule has 0 bridgehead atoms. The highest BCUT2D eigenvalue weighted by Crippen LogP contribution is 2.38. The minimum absolute atomic E-state index is 0.503. The van der Waals surface area contributed by atoms with E-state index in [1.807, 2.05) is 23.1 Å². The predicted molar refractivity (Wildman–Crippen MR) is 204 cm³/mol. The fraction of sp³-hybridized carbons (Fsp3) is 0.273. The van der Waals surface area contributed by atoms with Crippen LogP contribution in [0.5, 0.6) is 11.5 Å². The first kappa shape index (κ1) is 32.4. The highest BCUT2D eigenvalue weighted by Gasteiger charge is 2.19. The molecule has 248 valence electrons. The molecule has 0 amide bonds. The average Bonchev–Trinajstić information content (AvgIpc) is 3.70. The van der Waals surface area contributed by atoms with E-state index in [0.29, 0.717) is 5.92 Å². The van der Waals surface area contributed by atoms with Crippen LogP contribution in [-0.4, -0.2) is 19.3 Å². The van der Waals surface area contributed by atoms with Crippen LogP contribution in [-0.2, 0) is 19.3 Å². The maximum atomic E-state index is 6.72. The van der Waals surface area contributed by atoms with E-state index in [9.17, 15) is 0 Å². The van der Waals surface area contributed by atoms with Gasteiger partial charge in [-0.05, 0) is 140 Å². The molecular formula is C44H46N4O. The molecule has 5 heteroatoms. The zero-order valence-electron chi connectivity index (χ0n) is 30.1. The average molecular weight is 647 g/mol. The van der Waals surface area contributed by atoms with Crippen LogP contribution in [0.15, 0.2) is 91.4 Å². The van der Waals surface area contributed by atoms with Crippen molar-refractivity contribution in [2.75, 3.05) is 0 Å². The number of ether oxygens (including phenoxy) is 1. The van der Waals surface area contributed by atoms with Crippen molar-refractivity contribution in [3.8, 4) is 34.1 Å². The lowest BCUT2D eigenvalue weighted by molar-refractivity contribution is 0.481. The van der Waals surface area contributed by atoms with Gasteiger partial charge in [0.05, 0.1) is 22.9 Å². The molecular weight excluding hydrogens is 601 g/mol. The maximum Gasteiger partial charge on any atom is 0.137 e. The van der Waals surface area contributed by atoms with E-state index < -0.39 is 0 Å². The van der Waals surface area contributed by atoms with Crippen LogP contribution in [0, 0.1) is 33.6 Å². The van der Waals surface area contributed by atoms with Gasteiger partial charge in [-0.2, -0.15) is 5.10 Å². The molecule has 5 nitrogen and oxygen atoms in total. The second kappa shape index (κ2) is 13.0. The Labute approximate surface area is 290 Å². The molecule has 0 atom stereocenters. The van der Waals surface area contributed by atoms with Gasteiger partial charge in [0.1, 0.15) is 17.3 Å². The Morgan fingerprint density at radius 1 is 0.735 bits per heavy atom. The maximum absolute atomic E-state index is 6.72. The Morgan fingerprint density at radius 2 is 1.47 bits per heavy atom. The van der Waals surface area contributed by atoms with Crippen LogP contribution < -0.4 is 4.74 Å². The van der Waals surface area contributed by atoms with Crippen molar-refractivity contribution in [1.29, 1.82) is 0 Å². The van der Waals surface area contributed by atoms with Gasteiger partial charge in [0.2, 0.25) is 0 Å². The first-order chi connectivity index (χ1) is 23.7. The van der Waals surface area contributed by atoms with Gasteiger partial charge in [-0.3, -0.25) is 4.57 Å². The Balaban J connectivity index is 1.32. The lowest BCUT2D eigenvalue weighted by Gasteiger charge is -2.21. The summed E-state index contributed by atoms with van der Waals surface area (Å²) >= 11 is 0. The number of para-hydroxylation sites is 1. The molecule has 0 aliphatic rings. The fourth-order valence-corrected chi connectivity index (χ4v) is 7.58. The quantitative estimate of drug-likeness (QED) is 0.157. The summed E-state index contributed by atoms with van der Waals surface area (Å²) in [7, 11) is 0. The SMILES string of the molecule is CCc1c(C)c(C)c(C)c(CC)c1-c1cnn(-c2cc(CC(C)C)cc(Oc3ccc4c5ccccc5n(-c5cc(C)ccn5)c4c3)c2)c1. The Bertz CT molecular complexity index is 2310. The number of benzene rings is 4. The first-order valence-electron chi connectivity index (χ1n) is 17.6. The number of pyridine rings is 1. The van der Waals surface area contributed by atoms with Crippen molar-refractivity contribution in [1.82, 2.24) is 19.3 Å². The molecule has 4 aromatic carbocycles. The van der Waals surface area contributed by atoms with Gasteiger partial charge in [-0.15, -0.1) is 0 Å². The zero-order valence-corrected chi connectivity index (χ0v) is 30.1. The van der Waals surface area contributed by atoms with Crippen molar-refractivity contribution in [2.45, 2.75) is 74.7 Å². The summed E-state index contributed by atoms with van der Waals surface area (Å²) in [6, 6.07) is 25.6. The summed E-state index contributed by atoms with van der Waals surface area (Å²) in [6.45, 7) is 17.9. The summed E-state index contributed by atoms with van der Waals surface area (Å²) in [4.78, 5) is 4.75. The van der Waals surface area contributed by atoms with Crippen LogP contribution in [0.1, 0.15) is 66.6 Å². The van der Waals surface area contributed by atoms with E-state index in [1.165, 1.54) is 60.8 Å². The highest BCUT2D eigenvalue weighted by atomic mass is 16.5. The lowest BCUT2D eigenvalue weighted by Crippen LogP contribution is -2.04. The summed E-state index contributed by atoms with van der Waals surface area (Å²) in [6.07, 6.45) is 9.03. The largest absolute Gasteiger partial charge is 0.457 e. The Morgan fingerprint density at radius 3 is 2.18 bits per heavy atom. The van der Waals surface area contributed by atoms with Gasteiger partial charge < -0.3 is 4.74 Å². The molecule has 7 aromatic rings. The van der Waals surface area contributed by atoms with Crippen molar-refractivity contribution in [2.24, 2.45) is 5.92 Å². The predicted octanol–water partition coefficient (Wildman–Crippen LogP) is 11.4. The van der Waals surface area contributed by atoms with Crippen molar-refractivity contribution < 1.29 is 4.74 Å². The lowest BCUT2D eigenvalue weighted by atomic mass is 9.84.